The zero-order valence-electron chi connectivity index (χ0n) is 7.47. The Hall–Kier alpha value is 0.0649. The molecule has 1 heteroatoms. The van der Waals surface area contributed by atoms with E-state index < -0.39 is 0 Å². The minimum Gasteiger partial charge on any atom is -0.0655 e. The van der Waals surface area contributed by atoms with Crippen LogP contribution in [-0.4, -0.2) is 7.85 Å². The molecule has 2 saturated carbocycles. The summed E-state index contributed by atoms with van der Waals surface area (Å²) in [4.78, 5) is 0. The lowest BCUT2D eigenvalue weighted by molar-refractivity contribution is 0.159. The van der Waals surface area contributed by atoms with Crippen LogP contribution < -0.4 is 0 Å². The van der Waals surface area contributed by atoms with Gasteiger partial charge < -0.3 is 0 Å². The topological polar surface area (TPSA) is 0 Å². The van der Waals surface area contributed by atoms with Crippen LogP contribution in [0.25, 0.3) is 0 Å². The minimum absolute atomic E-state index is 0.251. The van der Waals surface area contributed by atoms with E-state index in [1.807, 2.05) is 0 Å². The summed E-state index contributed by atoms with van der Waals surface area (Å²) in [5.41, 5.74) is 0. The van der Waals surface area contributed by atoms with Gasteiger partial charge >= 0.3 is 0 Å². The first-order chi connectivity index (χ1) is 5.18. The summed E-state index contributed by atoms with van der Waals surface area (Å²) in [5, 5.41) is 0.251. The van der Waals surface area contributed by atoms with Crippen LogP contribution in [0.5, 0.6) is 0 Å². The lowest BCUT2D eigenvalue weighted by atomic mass is 9.50. The van der Waals surface area contributed by atoms with Crippen LogP contribution in [0.1, 0.15) is 45.4 Å². The Morgan fingerprint density at radius 2 is 2.18 bits per heavy atom. The van der Waals surface area contributed by atoms with Crippen LogP contribution in [0.15, 0.2) is 0 Å². The van der Waals surface area contributed by atoms with Gasteiger partial charge in [0, 0.05) is 0 Å². The van der Waals surface area contributed by atoms with Crippen molar-refractivity contribution in [2.75, 3.05) is 0 Å². The maximum Gasteiger partial charge on any atom is 0.0746 e. The molecule has 0 nitrogen and oxygen atoms in total. The van der Waals surface area contributed by atoms with Gasteiger partial charge in [-0.3, -0.25) is 0 Å². The Kier molecular flexibility index (Phi) is 1.77. The monoisotopic (exact) mass is 148 g/mol. The molecule has 0 N–H and O–H groups in total. The molecule has 2 bridgehead atoms. The molecule has 0 aromatic heterocycles. The van der Waals surface area contributed by atoms with Crippen LogP contribution >= 0.6 is 0 Å². The van der Waals surface area contributed by atoms with E-state index in [2.05, 4.69) is 6.92 Å². The van der Waals surface area contributed by atoms with Crippen LogP contribution in [0.4, 0.5) is 0 Å². The SMILES string of the molecule is [B]C12CCCC(CC(C)C1)C2. The van der Waals surface area contributed by atoms with Crippen LogP contribution in [0.2, 0.25) is 5.31 Å². The molecule has 2 radical (unpaired) electrons. The second-order valence-corrected chi connectivity index (χ2v) is 4.87. The molecule has 0 aliphatic heterocycles. The summed E-state index contributed by atoms with van der Waals surface area (Å²) in [6.07, 6.45) is 8.16. The predicted octanol–water partition coefficient (Wildman–Crippen LogP) is 2.93. The molecular weight excluding hydrogens is 131 g/mol. The van der Waals surface area contributed by atoms with Crippen molar-refractivity contribution in [2.24, 2.45) is 11.8 Å². The third-order valence-corrected chi connectivity index (χ3v) is 3.47. The van der Waals surface area contributed by atoms with Gasteiger partial charge in [-0.15, -0.1) is 0 Å². The number of fused-ring (bicyclic) bond motifs is 2. The average Bonchev–Trinajstić information content (AvgIpc) is 1.82. The quantitative estimate of drug-likeness (QED) is 0.463. The highest BCUT2D eigenvalue weighted by molar-refractivity contribution is 6.15. The molecule has 0 saturated heterocycles. The zero-order valence-corrected chi connectivity index (χ0v) is 7.47. The molecule has 11 heavy (non-hydrogen) atoms. The fourth-order valence-electron chi connectivity index (χ4n) is 3.25. The van der Waals surface area contributed by atoms with Crippen molar-refractivity contribution in [2.45, 2.75) is 50.8 Å². The lowest BCUT2D eigenvalue weighted by Crippen LogP contribution is -2.31. The van der Waals surface area contributed by atoms with E-state index in [-0.39, 0.29) is 5.31 Å². The molecule has 60 valence electrons. The van der Waals surface area contributed by atoms with Crippen molar-refractivity contribution >= 4 is 7.85 Å². The second kappa shape index (κ2) is 2.53. The molecular formula is C10H17B. The summed E-state index contributed by atoms with van der Waals surface area (Å²) in [6, 6.07) is 0. The third kappa shape index (κ3) is 1.48. The number of hydrogen-bond acceptors (Lipinski definition) is 0. The Bertz CT molecular complexity index is 151. The molecule has 0 aromatic carbocycles. The van der Waals surface area contributed by atoms with Crippen LogP contribution in [0.3, 0.4) is 0 Å². The van der Waals surface area contributed by atoms with Crippen molar-refractivity contribution in [1.82, 2.24) is 0 Å². The maximum absolute atomic E-state index is 6.29. The number of rotatable bonds is 0. The van der Waals surface area contributed by atoms with E-state index in [9.17, 15) is 0 Å². The molecule has 2 rings (SSSR count). The molecule has 2 aliphatic carbocycles. The second-order valence-electron chi connectivity index (χ2n) is 4.87. The Morgan fingerprint density at radius 1 is 1.36 bits per heavy atom. The van der Waals surface area contributed by atoms with E-state index >= 15 is 0 Å². The van der Waals surface area contributed by atoms with Crippen LogP contribution in [0, 0.1) is 11.8 Å². The number of hydrogen-bond donors (Lipinski definition) is 0. The van der Waals surface area contributed by atoms with Crippen molar-refractivity contribution in [3.05, 3.63) is 0 Å². The summed E-state index contributed by atoms with van der Waals surface area (Å²) < 4.78 is 0. The zero-order chi connectivity index (χ0) is 7.90. The first kappa shape index (κ1) is 7.70. The van der Waals surface area contributed by atoms with Crippen molar-refractivity contribution in [1.29, 1.82) is 0 Å². The predicted molar refractivity (Wildman–Crippen MR) is 48.8 cm³/mol. The van der Waals surface area contributed by atoms with Gasteiger partial charge in [0.25, 0.3) is 0 Å². The summed E-state index contributed by atoms with van der Waals surface area (Å²) >= 11 is 0. The normalized spacial score (nSPS) is 50.6. The van der Waals surface area contributed by atoms with Gasteiger partial charge in [-0.05, 0) is 18.3 Å². The summed E-state index contributed by atoms with van der Waals surface area (Å²) in [7, 11) is 6.29. The molecule has 0 amide bonds. The van der Waals surface area contributed by atoms with E-state index in [0.29, 0.717) is 0 Å². The molecule has 0 heterocycles. The van der Waals surface area contributed by atoms with Gasteiger partial charge in [0.2, 0.25) is 0 Å². The first-order valence-electron chi connectivity index (χ1n) is 4.97. The molecule has 3 unspecified atom stereocenters. The molecule has 2 aliphatic rings. The van der Waals surface area contributed by atoms with E-state index in [4.69, 9.17) is 7.85 Å². The van der Waals surface area contributed by atoms with Crippen molar-refractivity contribution in [3.8, 4) is 0 Å². The van der Waals surface area contributed by atoms with Gasteiger partial charge in [0.15, 0.2) is 0 Å². The smallest absolute Gasteiger partial charge is 0.0655 e. The third-order valence-electron chi connectivity index (χ3n) is 3.47. The lowest BCUT2D eigenvalue weighted by Gasteiger charge is -2.46. The standard InChI is InChI=1S/C10H17B/c1-8-5-9-3-2-4-10(11,6-8)7-9/h8-9H,2-7H2,1H3. The highest BCUT2D eigenvalue weighted by Gasteiger charge is 2.37. The van der Waals surface area contributed by atoms with Crippen molar-refractivity contribution in [3.63, 3.8) is 0 Å². The molecule has 2 fully saturated rings. The fraction of sp³-hybridized carbons (Fsp3) is 1.00. The fourth-order valence-corrected chi connectivity index (χ4v) is 3.25. The first-order valence-corrected chi connectivity index (χ1v) is 4.97. The van der Waals surface area contributed by atoms with E-state index in [1.165, 1.54) is 38.5 Å². The maximum atomic E-state index is 6.29. The highest BCUT2D eigenvalue weighted by Crippen LogP contribution is 2.53. The van der Waals surface area contributed by atoms with Gasteiger partial charge in [-0.25, -0.2) is 0 Å². The average molecular weight is 148 g/mol. The molecule has 0 spiro atoms. The van der Waals surface area contributed by atoms with Gasteiger partial charge in [-0.2, -0.15) is 0 Å². The Balaban J connectivity index is 2.09. The van der Waals surface area contributed by atoms with Gasteiger partial charge in [0.1, 0.15) is 0 Å². The summed E-state index contributed by atoms with van der Waals surface area (Å²) in [5.74, 6) is 1.86. The Morgan fingerprint density at radius 3 is 2.91 bits per heavy atom. The van der Waals surface area contributed by atoms with E-state index in [0.717, 1.165) is 11.8 Å². The molecule has 0 aromatic rings. The van der Waals surface area contributed by atoms with E-state index in [1.54, 1.807) is 0 Å². The van der Waals surface area contributed by atoms with Gasteiger partial charge in [-0.1, -0.05) is 44.3 Å². The molecule has 3 atom stereocenters. The minimum atomic E-state index is 0.251. The Labute approximate surface area is 71.2 Å². The van der Waals surface area contributed by atoms with Crippen molar-refractivity contribution < 1.29 is 0 Å². The largest absolute Gasteiger partial charge is 0.0746 e. The van der Waals surface area contributed by atoms with Crippen LogP contribution in [-0.2, 0) is 0 Å². The highest BCUT2D eigenvalue weighted by atomic mass is 14.4. The summed E-state index contributed by atoms with van der Waals surface area (Å²) in [6.45, 7) is 2.36. The van der Waals surface area contributed by atoms with Gasteiger partial charge in [0.05, 0.1) is 7.85 Å².